The minimum atomic E-state index is -7.96. The van der Waals surface area contributed by atoms with Crippen molar-refractivity contribution in [2.24, 2.45) is 0 Å². The molecule has 0 unspecified atom stereocenters. The smallest absolute Gasteiger partial charge is 0.460 e. The Morgan fingerprint density at radius 1 is 0.627 bits per heavy atom. The van der Waals surface area contributed by atoms with Crippen LogP contribution < -0.4 is 4.74 Å². The van der Waals surface area contributed by atoms with Crippen molar-refractivity contribution < 1.29 is 89.2 Å². The Hall–Kier alpha value is -3.14. The number of ether oxygens (including phenoxy) is 4. The first-order valence-corrected chi connectivity index (χ1v) is 14.8. The van der Waals surface area contributed by atoms with E-state index in [-0.39, 0.29) is 5.75 Å². The number of hydrogen-bond acceptors (Lipinski definition) is 6. The number of nitrogens with zero attached hydrogens (tertiary/aromatic N) is 2. The fraction of sp³-hybridized carbons (Fsp3) is 0.655. The molecule has 51 heavy (non-hydrogen) atoms. The van der Waals surface area contributed by atoms with Crippen molar-refractivity contribution in [3.8, 4) is 17.1 Å². The molecule has 1 aromatic heterocycles. The molecule has 0 fully saturated rings. The fourth-order valence-corrected chi connectivity index (χ4v) is 3.90. The van der Waals surface area contributed by atoms with Gasteiger partial charge in [-0.25, -0.2) is 23.8 Å². The Bertz CT molecular complexity index is 1340. The highest BCUT2D eigenvalue weighted by molar-refractivity contribution is 5.55. The van der Waals surface area contributed by atoms with Crippen molar-refractivity contribution in [2.45, 2.75) is 100 Å². The normalized spacial score (nSPS) is 14.5. The molecule has 22 heteroatoms. The molecule has 0 saturated carbocycles. The van der Waals surface area contributed by atoms with Crippen LogP contribution in [0, 0.1) is 0 Å². The molecule has 1 heterocycles. The minimum absolute atomic E-state index is 0.0343. The summed E-state index contributed by atoms with van der Waals surface area (Å²) in [5.41, 5.74) is 1.49. The molecule has 6 nitrogen and oxygen atoms in total. The van der Waals surface area contributed by atoms with E-state index in [1.807, 2.05) is 0 Å². The van der Waals surface area contributed by atoms with Crippen molar-refractivity contribution in [1.82, 2.24) is 9.97 Å². The van der Waals surface area contributed by atoms with Crippen molar-refractivity contribution in [1.29, 1.82) is 0 Å². The molecule has 2 aromatic rings. The predicted octanol–water partition coefficient (Wildman–Crippen LogP) is 10.0. The standard InChI is InChI=1S/C29H30F16N2O4/c1-2-3-4-5-6-7-8-18-13-46-22(47-14-18)19-9-11-21(12-10-19)49-16-20(30)15-48-17-23(31,32)50-28(42,43)29(44,45)51-27(40,41)25(35,36)24(33,34)26(37,38)39/h9-14,20H,2-8,15-17H2,1H3/t20-/m1/s1. The number of hydrogen-bond donors (Lipinski definition) is 0. The summed E-state index contributed by atoms with van der Waals surface area (Å²) in [5.74, 6) is -15.4. The van der Waals surface area contributed by atoms with Crippen LogP contribution in [0.2, 0.25) is 0 Å². The summed E-state index contributed by atoms with van der Waals surface area (Å²) < 4.78 is 223. The Kier molecular flexibility index (Phi) is 14.8. The first-order chi connectivity index (χ1) is 23.3. The van der Waals surface area contributed by atoms with Gasteiger partial charge in [0.15, 0.2) is 12.0 Å². The van der Waals surface area contributed by atoms with Crippen molar-refractivity contribution in [2.75, 3.05) is 19.8 Å². The molecule has 0 saturated heterocycles. The number of halogens is 16. The number of alkyl halides is 16. The number of aryl methyl sites for hydroxylation is 1. The number of unbranched alkanes of at least 4 members (excludes halogenated alkanes) is 5. The van der Waals surface area contributed by atoms with E-state index in [4.69, 9.17) is 4.74 Å². The highest BCUT2D eigenvalue weighted by atomic mass is 19.4. The molecule has 0 amide bonds. The Morgan fingerprint density at radius 3 is 1.71 bits per heavy atom. The van der Waals surface area contributed by atoms with Gasteiger partial charge in [0.1, 0.15) is 19.0 Å². The first-order valence-electron chi connectivity index (χ1n) is 14.8. The Morgan fingerprint density at radius 2 is 1.16 bits per heavy atom. The number of rotatable bonds is 22. The monoisotopic (exact) mass is 774 g/mol. The fourth-order valence-electron chi connectivity index (χ4n) is 3.90. The maximum atomic E-state index is 14.1. The second-order valence-electron chi connectivity index (χ2n) is 10.9. The molecule has 0 aliphatic carbocycles. The highest BCUT2D eigenvalue weighted by Crippen LogP contribution is 2.56. The van der Waals surface area contributed by atoms with E-state index in [9.17, 15) is 70.2 Å². The van der Waals surface area contributed by atoms with Crippen LogP contribution in [0.3, 0.4) is 0 Å². The summed E-state index contributed by atoms with van der Waals surface area (Å²) in [7, 11) is 0. The van der Waals surface area contributed by atoms with Gasteiger partial charge in [0.05, 0.1) is 6.61 Å². The van der Waals surface area contributed by atoms with E-state index in [1.54, 1.807) is 12.4 Å². The minimum Gasteiger partial charge on any atom is -0.490 e. The zero-order valence-corrected chi connectivity index (χ0v) is 26.2. The summed E-state index contributed by atoms with van der Waals surface area (Å²) in [6.07, 6.45) is -26.9. The summed E-state index contributed by atoms with van der Waals surface area (Å²) >= 11 is 0. The maximum absolute atomic E-state index is 14.1. The van der Waals surface area contributed by atoms with Crippen LogP contribution >= 0.6 is 0 Å². The number of benzene rings is 1. The molecule has 0 radical (unpaired) electrons. The molecule has 292 valence electrons. The molecule has 0 bridgehead atoms. The lowest BCUT2D eigenvalue weighted by atomic mass is 10.1. The Labute approximate surface area is 279 Å². The Balaban J connectivity index is 1.85. The van der Waals surface area contributed by atoms with Gasteiger partial charge in [0.2, 0.25) is 0 Å². The van der Waals surface area contributed by atoms with Crippen LogP contribution in [0.4, 0.5) is 70.2 Å². The molecule has 2 rings (SSSR count). The first kappa shape index (κ1) is 44.0. The summed E-state index contributed by atoms with van der Waals surface area (Å²) in [6.45, 7) is -2.72. The third kappa shape index (κ3) is 11.9. The van der Waals surface area contributed by atoms with Gasteiger partial charge >= 0.3 is 42.5 Å². The van der Waals surface area contributed by atoms with E-state index in [1.165, 1.54) is 41.8 Å². The van der Waals surface area contributed by atoms with Crippen LogP contribution in [0.15, 0.2) is 36.7 Å². The molecule has 0 N–H and O–H groups in total. The molecular formula is C29H30F16N2O4. The molecule has 0 aliphatic rings. The second kappa shape index (κ2) is 17.1. The lowest BCUT2D eigenvalue weighted by Crippen LogP contribution is -2.64. The largest absolute Gasteiger partial charge is 0.490 e. The molecule has 1 atom stereocenters. The maximum Gasteiger partial charge on any atom is 0.460 e. The topological polar surface area (TPSA) is 62.7 Å². The highest BCUT2D eigenvalue weighted by Gasteiger charge is 2.85. The van der Waals surface area contributed by atoms with Gasteiger partial charge in [-0.15, -0.1) is 0 Å². The zero-order valence-electron chi connectivity index (χ0n) is 26.2. The van der Waals surface area contributed by atoms with Gasteiger partial charge < -0.3 is 9.47 Å². The lowest BCUT2D eigenvalue weighted by molar-refractivity contribution is -0.543. The molecular weight excluding hydrogens is 744 g/mol. The molecule has 0 spiro atoms. The van der Waals surface area contributed by atoms with Gasteiger partial charge in [-0.1, -0.05) is 39.0 Å². The van der Waals surface area contributed by atoms with Gasteiger partial charge in [0.25, 0.3) is 0 Å². The molecule has 1 aromatic carbocycles. The van der Waals surface area contributed by atoms with Crippen molar-refractivity contribution in [3.63, 3.8) is 0 Å². The third-order valence-corrected chi connectivity index (χ3v) is 6.63. The predicted molar refractivity (Wildman–Crippen MR) is 144 cm³/mol. The van der Waals surface area contributed by atoms with Crippen LogP contribution in [0.5, 0.6) is 5.75 Å². The summed E-state index contributed by atoms with van der Waals surface area (Å²) in [4.78, 5) is 8.58. The van der Waals surface area contributed by atoms with E-state index >= 15 is 0 Å². The third-order valence-electron chi connectivity index (χ3n) is 6.63. The van der Waals surface area contributed by atoms with Gasteiger partial charge in [-0.05, 0) is 42.7 Å². The summed E-state index contributed by atoms with van der Waals surface area (Å²) in [5, 5.41) is 0. The van der Waals surface area contributed by atoms with Crippen LogP contribution in [-0.2, 0) is 20.6 Å². The quantitative estimate of drug-likeness (QED) is 0.0877. The van der Waals surface area contributed by atoms with Crippen LogP contribution in [0.1, 0.15) is 51.0 Å². The summed E-state index contributed by atoms with van der Waals surface area (Å²) in [6, 6.07) is 5.70. The van der Waals surface area contributed by atoms with E-state index in [0.29, 0.717) is 11.4 Å². The van der Waals surface area contributed by atoms with Crippen LogP contribution in [-0.4, -0.2) is 78.4 Å². The van der Waals surface area contributed by atoms with Gasteiger partial charge in [-0.3, -0.25) is 0 Å². The SMILES string of the molecule is CCCCCCCCc1cnc(-c2ccc(OC[C@H](F)COCC(F)(F)OC(F)(F)C(F)(F)OC(F)(F)C(F)(F)C(F)(F)C(F)(F)F)cc2)nc1. The average Bonchev–Trinajstić information content (AvgIpc) is 3.00. The second-order valence-corrected chi connectivity index (χ2v) is 10.9. The van der Waals surface area contributed by atoms with Crippen molar-refractivity contribution in [3.05, 3.63) is 42.2 Å². The van der Waals surface area contributed by atoms with E-state index in [2.05, 4.69) is 26.4 Å². The number of aromatic nitrogens is 2. The lowest BCUT2D eigenvalue weighted by Gasteiger charge is -2.36. The van der Waals surface area contributed by atoms with E-state index < -0.39 is 68.4 Å². The van der Waals surface area contributed by atoms with Gasteiger partial charge in [0, 0.05) is 18.0 Å². The zero-order chi connectivity index (χ0) is 38.9. The van der Waals surface area contributed by atoms with Gasteiger partial charge in [-0.2, -0.15) is 65.9 Å². The van der Waals surface area contributed by atoms with Crippen LogP contribution in [0.25, 0.3) is 11.4 Å². The van der Waals surface area contributed by atoms with Crippen molar-refractivity contribution >= 4 is 0 Å². The average molecular weight is 775 g/mol. The molecule has 0 aliphatic heterocycles. The van der Waals surface area contributed by atoms with E-state index in [0.717, 1.165) is 37.7 Å².